The molecule has 320 valence electrons. The van der Waals surface area contributed by atoms with Crippen LogP contribution < -0.4 is 10.6 Å². The monoisotopic (exact) mass is 833 g/mol. The minimum Gasteiger partial charge on any atom is -0.392 e. The van der Waals surface area contributed by atoms with Gasteiger partial charge in [0, 0.05) is 36.2 Å². The van der Waals surface area contributed by atoms with E-state index in [0.717, 1.165) is 54.4 Å². The number of benzene rings is 4. The first kappa shape index (κ1) is 43.4. The van der Waals surface area contributed by atoms with Gasteiger partial charge in [0.25, 0.3) is 5.91 Å². The summed E-state index contributed by atoms with van der Waals surface area (Å²) in [6.07, 6.45) is 4.80. The van der Waals surface area contributed by atoms with Crippen molar-refractivity contribution >= 4 is 11.8 Å². The van der Waals surface area contributed by atoms with Crippen molar-refractivity contribution in [3.8, 4) is 11.1 Å². The number of piperidine rings is 1. The van der Waals surface area contributed by atoms with Gasteiger partial charge in [-0.3, -0.25) is 14.5 Å². The summed E-state index contributed by atoms with van der Waals surface area (Å²) in [5, 5.41) is 15.3. The maximum atomic E-state index is 14.4. The van der Waals surface area contributed by atoms with Gasteiger partial charge in [-0.1, -0.05) is 92.6 Å². The second-order valence-electron chi connectivity index (χ2n) is 17.4. The van der Waals surface area contributed by atoms with Crippen LogP contribution >= 0.6 is 0 Å². The summed E-state index contributed by atoms with van der Waals surface area (Å²) >= 11 is 0. The lowest BCUT2D eigenvalue weighted by Gasteiger charge is -2.51. The Morgan fingerprint density at radius 3 is 2.08 bits per heavy atom. The largest absolute Gasteiger partial charge is 0.392 e. The highest BCUT2D eigenvalue weighted by Crippen LogP contribution is 2.45. The van der Waals surface area contributed by atoms with Crippen LogP contribution in [0.3, 0.4) is 0 Å². The van der Waals surface area contributed by atoms with Crippen LogP contribution in [0, 0.1) is 40.9 Å². The van der Waals surface area contributed by atoms with Gasteiger partial charge in [0.05, 0.1) is 24.9 Å². The molecule has 4 aromatic rings. The van der Waals surface area contributed by atoms with Gasteiger partial charge in [0.2, 0.25) is 11.7 Å². The number of carbonyl (C=O) groups excluding carboxylic acids is 2. The molecular weight excluding hydrogens is 782 g/mol. The summed E-state index contributed by atoms with van der Waals surface area (Å²) in [6.45, 7) is 8.29. The summed E-state index contributed by atoms with van der Waals surface area (Å²) in [4.78, 5) is 29.1. The van der Waals surface area contributed by atoms with Crippen LogP contribution in [0.1, 0.15) is 111 Å². The molecule has 7 atom stereocenters. The van der Waals surface area contributed by atoms with E-state index in [2.05, 4.69) is 22.5 Å². The van der Waals surface area contributed by atoms with Crippen LogP contribution in [0.15, 0.2) is 72.8 Å². The first-order valence-corrected chi connectivity index (χ1v) is 20.7. The maximum Gasteiger partial charge on any atom is 0.257 e. The zero-order valence-corrected chi connectivity index (χ0v) is 34.3. The highest BCUT2D eigenvalue weighted by molar-refractivity contribution is 5.95. The number of nitrogens with one attached hydrogen (secondary N) is 2. The average molecular weight is 834 g/mol. The molecule has 3 aliphatic rings. The first-order chi connectivity index (χ1) is 28.6. The summed E-state index contributed by atoms with van der Waals surface area (Å²) in [5.74, 6) is -12.2. The van der Waals surface area contributed by atoms with Gasteiger partial charge in [-0.25, -0.2) is 22.0 Å². The van der Waals surface area contributed by atoms with Gasteiger partial charge in [0.1, 0.15) is 5.56 Å². The topological polar surface area (TPSA) is 100 Å². The van der Waals surface area contributed by atoms with Gasteiger partial charge in [0.15, 0.2) is 29.6 Å². The molecule has 3 fully saturated rings. The number of nitrogens with zero attached hydrogens (tertiary/aromatic N) is 1. The van der Waals surface area contributed by atoms with E-state index in [4.69, 9.17) is 9.47 Å². The number of aliphatic hydroxyl groups is 1. The van der Waals surface area contributed by atoms with Crippen molar-refractivity contribution in [3.05, 3.63) is 130 Å². The van der Waals surface area contributed by atoms with Crippen molar-refractivity contribution in [1.29, 1.82) is 0 Å². The number of ether oxygens (including phenoxy) is 2. The van der Waals surface area contributed by atoms with E-state index < -0.39 is 46.8 Å². The molecule has 7 rings (SSSR count). The van der Waals surface area contributed by atoms with Crippen LogP contribution in [0.2, 0.25) is 0 Å². The van der Waals surface area contributed by atoms with Crippen LogP contribution in [0.5, 0.6) is 0 Å². The second kappa shape index (κ2) is 18.1. The van der Waals surface area contributed by atoms with Crippen molar-refractivity contribution in [2.45, 2.75) is 115 Å². The number of hydrogen-bond acceptors (Lipinski definition) is 6. The zero-order valence-electron chi connectivity index (χ0n) is 34.3. The molecule has 0 aromatic heterocycles. The molecule has 2 heterocycles. The number of fused-ring (bicyclic) bond motifs is 1. The van der Waals surface area contributed by atoms with Gasteiger partial charge >= 0.3 is 0 Å². The van der Waals surface area contributed by atoms with Crippen molar-refractivity contribution in [2.75, 3.05) is 6.54 Å². The van der Waals surface area contributed by atoms with E-state index in [1.54, 1.807) is 24.3 Å². The Hall–Kier alpha value is -4.69. The van der Waals surface area contributed by atoms with Crippen LogP contribution in [-0.4, -0.2) is 52.1 Å². The number of halogens is 5. The fourth-order valence-corrected chi connectivity index (χ4v) is 9.11. The molecular formula is C47H52F5N3O5. The molecule has 3 N–H and O–H groups in total. The summed E-state index contributed by atoms with van der Waals surface area (Å²) in [6, 6.07) is 22.1. The van der Waals surface area contributed by atoms with Gasteiger partial charge in [-0.05, 0) is 80.2 Å². The highest BCUT2D eigenvalue weighted by Gasteiger charge is 2.46. The third-order valence-electron chi connectivity index (χ3n) is 12.2. The van der Waals surface area contributed by atoms with Crippen LogP contribution in [-0.2, 0) is 27.4 Å². The van der Waals surface area contributed by atoms with E-state index in [0.29, 0.717) is 23.6 Å². The number of amides is 2. The molecule has 1 aliphatic carbocycles. The number of carbonyl (C=O) groups is 2. The molecule has 0 spiro atoms. The molecule has 4 aromatic carbocycles. The lowest BCUT2D eigenvalue weighted by Crippen LogP contribution is -2.61. The van der Waals surface area contributed by atoms with Crippen LogP contribution in [0.25, 0.3) is 11.1 Å². The summed E-state index contributed by atoms with van der Waals surface area (Å²) in [5.41, 5.74) is 2.43. The molecule has 8 nitrogen and oxygen atoms in total. The molecule has 2 saturated heterocycles. The van der Waals surface area contributed by atoms with Gasteiger partial charge in [-0.15, -0.1) is 0 Å². The Labute approximate surface area is 347 Å². The fourth-order valence-electron chi connectivity index (χ4n) is 9.11. The number of likely N-dealkylation sites (tertiary alicyclic amines) is 1. The SMILES string of the molecule is CC1C(CN2C(C(=O)NC(C)(C)C)CCC3CCCCC32)OC(c2ccc(-c3ccccc3CNC(=O)c3c(F)c(F)c(F)c(F)c3F)cc2)OC1c1ccc(CO)cc1. The van der Waals surface area contributed by atoms with Gasteiger partial charge in [-0.2, -0.15) is 0 Å². The minimum absolute atomic E-state index is 0.0342. The third-order valence-corrected chi connectivity index (χ3v) is 12.2. The molecule has 2 aliphatic heterocycles. The normalized spacial score (nSPS) is 24.7. The third kappa shape index (κ3) is 9.14. The Morgan fingerprint density at radius 2 is 1.42 bits per heavy atom. The number of hydrogen-bond donors (Lipinski definition) is 3. The summed E-state index contributed by atoms with van der Waals surface area (Å²) in [7, 11) is 0. The molecule has 1 saturated carbocycles. The standard InChI is InChI=1S/C47H52F5N3O5/c1-26-36(24-55-34-12-8-6-9-29(34)21-22-35(55)44(57)54-47(2,3)4)59-46(60-43(26)30-15-13-27(25-56)14-16-30)31-19-17-28(18-20-31)33-11-7-5-10-32(33)23-53-45(58)37-38(48)40(50)42(52)41(51)39(37)49/h5,7,10-11,13-20,26,29,34-36,43,46,56H,6,8-9,12,21-25H2,1-4H3,(H,53,58)(H,54,57). The lowest BCUT2D eigenvalue weighted by atomic mass is 9.75. The molecule has 2 amide bonds. The Kier molecular flexibility index (Phi) is 13.1. The lowest BCUT2D eigenvalue weighted by molar-refractivity contribution is -0.278. The molecule has 0 bridgehead atoms. The Morgan fingerprint density at radius 1 is 0.783 bits per heavy atom. The molecule has 0 radical (unpaired) electrons. The number of rotatable bonds is 10. The van der Waals surface area contributed by atoms with E-state index in [-0.39, 0.29) is 54.8 Å². The maximum absolute atomic E-state index is 14.4. The molecule has 7 unspecified atom stereocenters. The predicted octanol–water partition coefficient (Wildman–Crippen LogP) is 9.20. The smallest absolute Gasteiger partial charge is 0.257 e. The second-order valence-corrected chi connectivity index (χ2v) is 17.4. The van der Waals surface area contributed by atoms with Gasteiger partial charge < -0.3 is 25.2 Å². The van der Waals surface area contributed by atoms with Crippen molar-refractivity contribution < 1.29 is 46.1 Å². The Balaban J connectivity index is 1.15. The molecule has 13 heteroatoms. The minimum atomic E-state index is -2.34. The van der Waals surface area contributed by atoms with E-state index in [9.17, 15) is 36.6 Å². The molecule has 60 heavy (non-hydrogen) atoms. The summed E-state index contributed by atoms with van der Waals surface area (Å²) < 4.78 is 83.6. The van der Waals surface area contributed by atoms with E-state index in [1.807, 2.05) is 69.3 Å². The highest BCUT2D eigenvalue weighted by atomic mass is 19.2. The van der Waals surface area contributed by atoms with E-state index >= 15 is 0 Å². The average Bonchev–Trinajstić information content (AvgIpc) is 3.24. The van der Waals surface area contributed by atoms with Crippen molar-refractivity contribution in [3.63, 3.8) is 0 Å². The van der Waals surface area contributed by atoms with E-state index in [1.165, 1.54) is 6.42 Å². The Bertz CT molecular complexity index is 2150. The quantitative estimate of drug-likeness (QED) is 0.0838. The number of aliphatic hydroxyl groups excluding tert-OH is 1. The van der Waals surface area contributed by atoms with Crippen molar-refractivity contribution in [1.82, 2.24) is 15.5 Å². The van der Waals surface area contributed by atoms with Crippen molar-refractivity contribution in [2.24, 2.45) is 11.8 Å². The predicted molar refractivity (Wildman–Crippen MR) is 216 cm³/mol. The zero-order chi connectivity index (χ0) is 42.9. The fraction of sp³-hybridized carbons (Fsp3) is 0.447. The first-order valence-electron chi connectivity index (χ1n) is 20.7. The van der Waals surface area contributed by atoms with Crippen LogP contribution in [0.4, 0.5) is 22.0 Å².